The molecule has 1 aromatic carbocycles. The molecule has 2 heterocycles. The molecule has 1 N–H and O–H groups in total. The number of carbonyl (C=O) groups is 1. The number of anilines is 1. The van der Waals surface area contributed by atoms with E-state index in [0.29, 0.717) is 19.0 Å². The second kappa shape index (κ2) is 4.70. The highest BCUT2D eigenvalue weighted by atomic mass is 16.5. The topological polar surface area (TPSA) is 64.1 Å². The number of nitrogens with zero attached hydrogens (tertiary/aromatic N) is 2. The zero-order valence-electron chi connectivity index (χ0n) is 9.80. The number of hydrogen-bond acceptors (Lipinski definition) is 4. The summed E-state index contributed by atoms with van der Waals surface area (Å²) in [6.07, 6.45) is 2.35. The van der Waals surface area contributed by atoms with Gasteiger partial charge in [-0.3, -0.25) is 9.78 Å². The van der Waals surface area contributed by atoms with Gasteiger partial charge in [0.05, 0.1) is 29.8 Å². The van der Waals surface area contributed by atoms with Gasteiger partial charge in [-0.05, 0) is 18.6 Å². The number of benzene rings is 1. The highest BCUT2D eigenvalue weighted by Gasteiger charge is 2.23. The van der Waals surface area contributed by atoms with Gasteiger partial charge in [0.2, 0.25) is 5.91 Å². The lowest BCUT2D eigenvalue weighted by Crippen LogP contribution is -2.23. The third-order valence-corrected chi connectivity index (χ3v) is 3.00. The van der Waals surface area contributed by atoms with Crippen LogP contribution in [0.15, 0.2) is 30.5 Å². The molecule has 1 aliphatic rings. The minimum atomic E-state index is -0.0710. The normalized spacial score (nSPS) is 19.0. The third kappa shape index (κ3) is 2.17. The van der Waals surface area contributed by atoms with Crippen molar-refractivity contribution >= 4 is 22.8 Å². The number of fused-ring (bicyclic) bond motifs is 1. The van der Waals surface area contributed by atoms with E-state index in [2.05, 4.69) is 15.3 Å². The summed E-state index contributed by atoms with van der Waals surface area (Å²) >= 11 is 0. The predicted octanol–water partition coefficient (Wildman–Crippen LogP) is 1.60. The molecule has 5 heteroatoms. The summed E-state index contributed by atoms with van der Waals surface area (Å²) in [5.74, 6) is 0.376. The van der Waals surface area contributed by atoms with Crippen LogP contribution in [0.25, 0.3) is 11.0 Å². The smallest absolute Gasteiger partial charge is 0.231 e. The molecular formula is C13H13N3O2. The van der Waals surface area contributed by atoms with Crippen LogP contribution in [0, 0.1) is 5.92 Å². The molecule has 0 spiro atoms. The van der Waals surface area contributed by atoms with E-state index in [1.54, 1.807) is 6.20 Å². The Morgan fingerprint density at radius 2 is 2.17 bits per heavy atom. The average molecular weight is 243 g/mol. The number of carbonyl (C=O) groups excluding carboxylic acids is 1. The fraction of sp³-hybridized carbons (Fsp3) is 0.308. The molecule has 0 radical (unpaired) electrons. The monoisotopic (exact) mass is 243 g/mol. The van der Waals surface area contributed by atoms with Crippen molar-refractivity contribution in [1.29, 1.82) is 0 Å². The lowest BCUT2D eigenvalue weighted by molar-refractivity contribution is -0.119. The number of para-hydroxylation sites is 2. The predicted molar refractivity (Wildman–Crippen MR) is 67.1 cm³/mol. The first-order valence-electron chi connectivity index (χ1n) is 5.93. The summed E-state index contributed by atoms with van der Waals surface area (Å²) in [4.78, 5) is 20.5. The van der Waals surface area contributed by atoms with Crippen molar-refractivity contribution in [1.82, 2.24) is 9.97 Å². The van der Waals surface area contributed by atoms with E-state index in [0.717, 1.165) is 17.5 Å². The Morgan fingerprint density at radius 1 is 1.33 bits per heavy atom. The van der Waals surface area contributed by atoms with Crippen molar-refractivity contribution in [3.63, 3.8) is 0 Å². The first-order valence-corrected chi connectivity index (χ1v) is 5.93. The summed E-state index contributed by atoms with van der Waals surface area (Å²) in [5.41, 5.74) is 1.60. The Bertz CT molecular complexity index is 579. The number of nitrogens with one attached hydrogen (secondary N) is 1. The fourth-order valence-corrected chi connectivity index (χ4v) is 1.99. The van der Waals surface area contributed by atoms with Crippen LogP contribution in [-0.4, -0.2) is 29.1 Å². The van der Waals surface area contributed by atoms with Gasteiger partial charge in [-0.15, -0.1) is 0 Å². The number of ether oxygens (including phenoxy) is 1. The summed E-state index contributed by atoms with van der Waals surface area (Å²) in [6, 6.07) is 7.56. The number of aromatic nitrogens is 2. The van der Waals surface area contributed by atoms with Crippen LogP contribution in [-0.2, 0) is 9.53 Å². The maximum absolute atomic E-state index is 11.9. The maximum atomic E-state index is 11.9. The van der Waals surface area contributed by atoms with E-state index in [1.807, 2.05) is 24.3 Å². The summed E-state index contributed by atoms with van der Waals surface area (Å²) in [5, 5.41) is 2.78. The van der Waals surface area contributed by atoms with Crippen LogP contribution in [0.5, 0.6) is 0 Å². The molecule has 1 saturated heterocycles. The highest BCUT2D eigenvalue weighted by molar-refractivity contribution is 5.92. The van der Waals surface area contributed by atoms with Gasteiger partial charge in [-0.2, -0.15) is 0 Å². The molecule has 1 unspecified atom stereocenters. The Morgan fingerprint density at radius 3 is 2.94 bits per heavy atom. The van der Waals surface area contributed by atoms with Crippen LogP contribution in [0.3, 0.4) is 0 Å². The molecule has 5 nitrogen and oxygen atoms in total. The molecule has 18 heavy (non-hydrogen) atoms. The van der Waals surface area contributed by atoms with Crippen molar-refractivity contribution in [3.8, 4) is 0 Å². The van der Waals surface area contributed by atoms with E-state index in [9.17, 15) is 4.79 Å². The molecule has 2 aromatic rings. The SMILES string of the molecule is O=C(Nc1cnc2ccccc2n1)C1CCOC1. The Balaban J connectivity index is 1.79. The minimum absolute atomic E-state index is 0.0444. The molecule has 0 saturated carbocycles. The van der Waals surface area contributed by atoms with Crippen LogP contribution < -0.4 is 5.32 Å². The van der Waals surface area contributed by atoms with E-state index in [4.69, 9.17) is 4.74 Å². The van der Waals surface area contributed by atoms with Gasteiger partial charge in [0, 0.05) is 6.61 Å². The first kappa shape index (κ1) is 11.1. The Kier molecular flexibility index (Phi) is 2.90. The van der Waals surface area contributed by atoms with Crippen molar-refractivity contribution in [3.05, 3.63) is 30.5 Å². The molecule has 0 bridgehead atoms. The van der Waals surface area contributed by atoms with Gasteiger partial charge < -0.3 is 10.1 Å². The lowest BCUT2D eigenvalue weighted by atomic mass is 10.1. The van der Waals surface area contributed by atoms with Gasteiger partial charge in [-0.25, -0.2) is 4.98 Å². The molecular weight excluding hydrogens is 230 g/mol. The quantitative estimate of drug-likeness (QED) is 0.870. The van der Waals surface area contributed by atoms with Crippen molar-refractivity contribution < 1.29 is 9.53 Å². The summed E-state index contributed by atoms with van der Waals surface area (Å²) in [7, 11) is 0. The van der Waals surface area contributed by atoms with E-state index in [1.165, 1.54) is 0 Å². The van der Waals surface area contributed by atoms with E-state index < -0.39 is 0 Å². The highest BCUT2D eigenvalue weighted by Crippen LogP contribution is 2.16. The van der Waals surface area contributed by atoms with Gasteiger partial charge in [0.25, 0.3) is 0 Å². The second-order valence-electron chi connectivity index (χ2n) is 4.29. The number of amides is 1. The number of hydrogen-bond donors (Lipinski definition) is 1. The molecule has 1 aromatic heterocycles. The lowest BCUT2D eigenvalue weighted by Gasteiger charge is -2.08. The molecule has 1 amide bonds. The molecule has 1 fully saturated rings. The standard InChI is InChI=1S/C13H13N3O2/c17-13(9-5-6-18-8-9)16-12-7-14-10-3-1-2-4-11(10)15-12/h1-4,7,9H,5-6,8H2,(H,15,16,17). The summed E-state index contributed by atoms with van der Waals surface area (Å²) < 4.78 is 5.19. The summed E-state index contributed by atoms with van der Waals surface area (Å²) in [6.45, 7) is 1.15. The zero-order chi connectivity index (χ0) is 12.4. The zero-order valence-corrected chi connectivity index (χ0v) is 9.80. The Hall–Kier alpha value is -2.01. The molecule has 92 valence electrons. The van der Waals surface area contributed by atoms with Crippen LogP contribution in [0.4, 0.5) is 5.82 Å². The fourth-order valence-electron chi connectivity index (χ4n) is 1.99. The van der Waals surface area contributed by atoms with Gasteiger partial charge in [0.1, 0.15) is 0 Å². The van der Waals surface area contributed by atoms with E-state index >= 15 is 0 Å². The van der Waals surface area contributed by atoms with Crippen molar-refractivity contribution in [2.24, 2.45) is 5.92 Å². The Labute approximate surface area is 104 Å². The van der Waals surface area contributed by atoms with E-state index in [-0.39, 0.29) is 11.8 Å². The first-order chi connectivity index (χ1) is 8.83. The average Bonchev–Trinajstić information content (AvgIpc) is 2.92. The molecule has 3 rings (SSSR count). The second-order valence-corrected chi connectivity index (χ2v) is 4.29. The molecule has 1 aliphatic heterocycles. The van der Waals surface area contributed by atoms with Gasteiger partial charge in [-0.1, -0.05) is 12.1 Å². The number of rotatable bonds is 2. The van der Waals surface area contributed by atoms with Crippen LogP contribution in [0.1, 0.15) is 6.42 Å². The van der Waals surface area contributed by atoms with Gasteiger partial charge in [0.15, 0.2) is 5.82 Å². The third-order valence-electron chi connectivity index (χ3n) is 3.00. The largest absolute Gasteiger partial charge is 0.381 e. The van der Waals surface area contributed by atoms with Crippen LogP contribution in [0.2, 0.25) is 0 Å². The van der Waals surface area contributed by atoms with Crippen LogP contribution >= 0.6 is 0 Å². The van der Waals surface area contributed by atoms with Crippen molar-refractivity contribution in [2.45, 2.75) is 6.42 Å². The maximum Gasteiger partial charge on any atom is 0.231 e. The molecule has 0 aliphatic carbocycles. The molecule has 1 atom stereocenters. The minimum Gasteiger partial charge on any atom is -0.381 e. The van der Waals surface area contributed by atoms with Crippen molar-refractivity contribution in [2.75, 3.05) is 18.5 Å². The van der Waals surface area contributed by atoms with Gasteiger partial charge >= 0.3 is 0 Å².